The Morgan fingerprint density at radius 3 is 2.60 bits per heavy atom. The van der Waals surface area contributed by atoms with Gasteiger partial charge < -0.3 is 4.74 Å². The van der Waals surface area contributed by atoms with E-state index in [1.165, 1.54) is 4.31 Å². The molecule has 7 nitrogen and oxygen atoms in total. The van der Waals surface area contributed by atoms with Crippen molar-refractivity contribution >= 4 is 10.0 Å². The van der Waals surface area contributed by atoms with Crippen LogP contribution in [-0.2, 0) is 14.8 Å². The van der Waals surface area contributed by atoms with Crippen molar-refractivity contribution in [2.75, 3.05) is 45.9 Å². The van der Waals surface area contributed by atoms with Crippen LogP contribution in [0.5, 0.6) is 0 Å². The lowest BCUT2D eigenvalue weighted by molar-refractivity contribution is 0.0363. The fourth-order valence-electron chi connectivity index (χ4n) is 2.50. The van der Waals surface area contributed by atoms with Crippen molar-refractivity contribution in [2.45, 2.75) is 11.3 Å². The van der Waals surface area contributed by atoms with Crippen molar-refractivity contribution in [3.05, 3.63) is 29.6 Å². The summed E-state index contributed by atoms with van der Waals surface area (Å²) in [5, 5.41) is 17.7. The number of halogens is 1. The number of hydrogen-bond acceptors (Lipinski definition) is 6. The molecule has 0 amide bonds. The Balaban J connectivity index is 2.19. The molecule has 2 rings (SSSR count). The minimum atomic E-state index is -3.92. The van der Waals surface area contributed by atoms with Gasteiger partial charge in [0.15, 0.2) is 0 Å². The van der Waals surface area contributed by atoms with Crippen LogP contribution in [0.25, 0.3) is 0 Å². The highest BCUT2D eigenvalue weighted by Crippen LogP contribution is 2.19. The zero-order valence-corrected chi connectivity index (χ0v) is 14.5. The van der Waals surface area contributed by atoms with Crippen LogP contribution < -0.4 is 0 Å². The van der Waals surface area contributed by atoms with E-state index in [9.17, 15) is 12.8 Å². The molecule has 25 heavy (non-hydrogen) atoms. The number of benzene rings is 1. The molecule has 0 aliphatic carbocycles. The Bertz CT molecular complexity index is 780. The largest absolute Gasteiger partial charge is 0.379 e. The molecule has 0 radical (unpaired) electrons. The molecule has 0 atom stereocenters. The standard InChI is InChI=1S/C16H19FN4O3S/c17-16-3-2-15(12-14(16)13-19)25(22,23)21(5-1-4-18)7-6-20-8-10-24-11-9-20/h2-3,12H,1,5-11H2. The Hall–Kier alpha value is -2.04. The minimum Gasteiger partial charge on any atom is -0.379 e. The van der Waals surface area contributed by atoms with Gasteiger partial charge in [-0.2, -0.15) is 14.8 Å². The van der Waals surface area contributed by atoms with Crippen LogP contribution in [-0.4, -0.2) is 63.6 Å². The van der Waals surface area contributed by atoms with E-state index in [1.54, 1.807) is 6.07 Å². The zero-order chi connectivity index (χ0) is 18.3. The highest BCUT2D eigenvalue weighted by molar-refractivity contribution is 7.89. The van der Waals surface area contributed by atoms with Crippen LogP contribution in [0.4, 0.5) is 4.39 Å². The first-order chi connectivity index (χ1) is 12.0. The van der Waals surface area contributed by atoms with Gasteiger partial charge in [0.25, 0.3) is 0 Å². The van der Waals surface area contributed by atoms with Crippen LogP contribution in [0.15, 0.2) is 23.1 Å². The summed E-state index contributed by atoms with van der Waals surface area (Å²) in [6.07, 6.45) is 0.0502. The van der Waals surface area contributed by atoms with Gasteiger partial charge in [-0.25, -0.2) is 12.8 Å². The van der Waals surface area contributed by atoms with Crippen molar-refractivity contribution in [1.29, 1.82) is 10.5 Å². The summed E-state index contributed by atoms with van der Waals surface area (Å²) in [5.74, 6) is -0.765. The lowest BCUT2D eigenvalue weighted by Crippen LogP contribution is -2.43. The van der Waals surface area contributed by atoms with Gasteiger partial charge in [0.2, 0.25) is 10.0 Å². The summed E-state index contributed by atoms with van der Waals surface area (Å²) in [6.45, 7) is 3.43. The molecule has 1 saturated heterocycles. The minimum absolute atomic E-state index is 0.0441. The van der Waals surface area contributed by atoms with Crippen molar-refractivity contribution in [2.24, 2.45) is 0 Å². The number of morpholine rings is 1. The normalized spacial score (nSPS) is 15.7. The number of ether oxygens (including phenoxy) is 1. The first kappa shape index (κ1) is 19.3. The summed E-state index contributed by atoms with van der Waals surface area (Å²) in [5.41, 5.74) is -0.325. The highest BCUT2D eigenvalue weighted by atomic mass is 32.2. The van der Waals surface area contributed by atoms with E-state index in [0.717, 1.165) is 31.3 Å². The third-order valence-electron chi connectivity index (χ3n) is 3.94. The molecule has 0 unspecified atom stereocenters. The number of rotatable bonds is 7. The van der Waals surface area contributed by atoms with E-state index in [-0.39, 0.29) is 30.0 Å². The van der Waals surface area contributed by atoms with Crippen LogP contribution in [0.2, 0.25) is 0 Å². The Morgan fingerprint density at radius 2 is 1.96 bits per heavy atom. The maximum absolute atomic E-state index is 13.5. The van der Waals surface area contributed by atoms with Crippen molar-refractivity contribution in [3.63, 3.8) is 0 Å². The predicted octanol–water partition coefficient (Wildman–Crippen LogP) is 0.934. The molecule has 1 heterocycles. The molecule has 0 bridgehead atoms. The number of nitriles is 2. The maximum atomic E-state index is 13.5. The molecule has 134 valence electrons. The topological polar surface area (TPSA) is 97.4 Å². The SMILES string of the molecule is N#CCCN(CCN1CCOCC1)S(=O)(=O)c1ccc(F)c(C#N)c1. The second kappa shape index (κ2) is 8.88. The zero-order valence-electron chi connectivity index (χ0n) is 13.7. The smallest absolute Gasteiger partial charge is 0.243 e. The lowest BCUT2D eigenvalue weighted by atomic mass is 10.2. The fourth-order valence-corrected chi connectivity index (χ4v) is 3.96. The third kappa shape index (κ3) is 4.97. The van der Waals surface area contributed by atoms with E-state index in [0.29, 0.717) is 19.8 Å². The quantitative estimate of drug-likeness (QED) is 0.712. The molecule has 0 spiro atoms. The average molecular weight is 366 g/mol. The molecule has 0 aromatic heterocycles. The highest BCUT2D eigenvalue weighted by Gasteiger charge is 2.26. The van der Waals surface area contributed by atoms with Gasteiger partial charge in [0.05, 0.1) is 29.7 Å². The van der Waals surface area contributed by atoms with Gasteiger partial charge in [-0.3, -0.25) is 4.90 Å². The van der Waals surface area contributed by atoms with Gasteiger partial charge in [-0.15, -0.1) is 0 Å². The molecule has 1 aromatic rings. The maximum Gasteiger partial charge on any atom is 0.243 e. The molecule has 1 fully saturated rings. The number of nitrogens with zero attached hydrogens (tertiary/aromatic N) is 4. The second-order valence-electron chi connectivity index (χ2n) is 5.52. The van der Waals surface area contributed by atoms with Gasteiger partial charge >= 0.3 is 0 Å². The van der Waals surface area contributed by atoms with E-state index >= 15 is 0 Å². The van der Waals surface area contributed by atoms with Crippen molar-refractivity contribution in [1.82, 2.24) is 9.21 Å². The van der Waals surface area contributed by atoms with Crippen molar-refractivity contribution in [3.8, 4) is 12.1 Å². The molecule has 1 aliphatic heterocycles. The number of hydrogen-bond donors (Lipinski definition) is 0. The molecule has 1 aromatic carbocycles. The Labute approximate surface area is 146 Å². The van der Waals surface area contributed by atoms with E-state index in [4.69, 9.17) is 15.3 Å². The summed E-state index contributed by atoms with van der Waals surface area (Å²) in [7, 11) is -3.92. The summed E-state index contributed by atoms with van der Waals surface area (Å²) in [6, 6.07) is 6.71. The molecular weight excluding hydrogens is 347 g/mol. The molecule has 1 aliphatic rings. The van der Waals surface area contributed by atoms with Gasteiger partial charge in [-0.1, -0.05) is 0 Å². The first-order valence-corrected chi connectivity index (χ1v) is 9.30. The lowest BCUT2D eigenvalue weighted by Gasteiger charge is -2.29. The summed E-state index contributed by atoms with van der Waals surface area (Å²) < 4.78 is 45.6. The van der Waals surface area contributed by atoms with E-state index < -0.39 is 15.8 Å². The van der Waals surface area contributed by atoms with Crippen LogP contribution >= 0.6 is 0 Å². The second-order valence-corrected chi connectivity index (χ2v) is 7.46. The Kier molecular flexibility index (Phi) is 6.85. The first-order valence-electron chi connectivity index (χ1n) is 7.86. The fraction of sp³-hybridized carbons (Fsp3) is 0.500. The molecule has 0 saturated carbocycles. The average Bonchev–Trinajstić information content (AvgIpc) is 2.62. The molecular formula is C16H19FN4O3S. The van der Waals surface area contributed by atoms with E-state index in [1.807, 2.05) is 6.07 Å². The summed E-state index contributed by atoms with van der Waals surface area (Å²) >= 11 is 0. The monoisotopic (exact) mass is 366 g/mol. The van der Waals surface area contributed by atoms with Gasteiger partial charge in [-0.05, 0) is 18.2 Å². The van der Waals surface area contributed by atoms with Crippen LogP contribution in [0.1, 0.15) is 12.0 Å². The van der Waals surface area contributed by atoms with E-state index in [2.05, 4.69) is 4.90 Å². The van der Waals surface area contributed by atoms with Gasteiger partial charge in [0, 0.05) is 39.1 Å². The summed E-state index contributed by atoms with van der Waals surface area (Å²) in [4.78, 5) is 1.94. The van der Waals surface area contributed by atoms with Crippen LogP contribution in [0, 0.1) is 28.5 Å². The Morgan fingerprint density at radius 1 is 1.24 bits per heavy atom. The molecule has 9 heteroatoms. The van der Waals surface area contributed by atoms with Gasteiger partial charge in [0.1, 0.15) is 11.9 Å². The third-order valence-corrected chi connectivity index (χ3v) is 5.83. The number of sulfonamides is 1. The predicted molar refractivity (Wildman–Crippen MR) is 87.4 cm³/mol. The molecule has 0 N–H and O–H groups in total. The van der Waals surface area contributed by atoms with Crippen molar-refractivity contribution < 1.29 is 17.5 Å². The van der Waals surface area contributed by atoms with Crippen LogP contribution in [0.3, 0.4) is 0 Å².